The lowest BCUT2D eigenvalue weighted by Gasteiger charge is -2.03. The van der Waals surface area contributed by atoms with Crippen LogP contribution in [-0.2, 0) is 5.75 Å². The van der Waals surface area contributed by atoms with Crippen LogP contribution in [0, 0.1) is 0 Å². The summed E-state index contributed by atoms with van der Waals surface area (Å²) in [6.07, 6.45) is 0. The number of hydrogen-bond acceptors (Lipinski definition) is 6. The zero-order valence-electron chi connectivity index (χ0n) is 13.5. The van der Waals surface area contributed by atoms with Crippen LogP contribution in [0.2, 0.25) is 5.02 Å². The van der Waals surface area contributed by atoms with Crippen LogP contribution >= 0.6 is 23.4 Å². The Bertz CT molecular complexity index is 1030. The molecule has 0 unspecified atom stereocenters. The molecule has 8 heteroatoms. The van der Waals surface area contributed by atoms with Crippen molar-refractivity contribution in [2.45, 2.75) is 10.9 Å². The van der Waals surface area contributed by atoms with E-state index in [-0.39, 0.29) is 0 Å². The predicted molar refractivity (Wildman–Crippen MR) is 102 cm³/mol. The van der Waals surface area contributed by atoms with E-state index in [9.17, 15) is 0 Å². The molecule has 4 rings (SSSR count). The third-order valence-electron chi connectivity index (χ3n) is 3.71. The van der Waals surface area contributed by atoms with Crippen molar-refractivity contribution in [2.24, 2.45) is 0 Å². The topological polar surface area (TPSA) is 82.8 Å². The van der Waals surface area contributed by atoms with Gasteiger partial charge in [0.1, 0.15) is 0 Å². The Morgan fingerprint density at radius 3 is 2.62 bits per heavy atom. The van der Waals surface area contributed by atoms with Crippen LogP contribution in [0.1, 0.15) is 5.69 Å². The van der Waals surface area contributed by atoms with Crippen molar-refractivity contribution >= 4 is 23.4 Å². The van der Waals surface area contributed by atoms with Gasteiger partial charge in [-0.15, -0.1) is 10.2 Å². The van der Waals surface area contributed by atoms with Crippen LogP contribution in [0.25, 0.3) is 22.7 Å². The SMILES string of the molecule is Nn1c(SCc2cc(-c3ccccc3)on2)nnc1-c1cccc(Cl)c1. The largest absolute Gasteiger partial charge is 0.356 e. The third kappa shape index (κ3) is 3.44. The van der Waals surface area contributed by atoms with Gasteiger partial charge in [0.2, 0.25) is 5.16 Å². The molecule has 0 spiro atoms. The second-order valence-corrected chi connectivity index (χ2v) is 6.90. The lowest BCUT2D eigenvalue weighted by molar-refractivity contribution is 0.426. The molecule has 0 amide bonds. The molecule has 0 saturated heterocycles. The summed E-state index contributed by atoms with van der Waals surface area (Å²) in [7, 11) is 0. The van der Waals surface area contributed by atoms with E-state index in [4.69, 9.17) is 22.0 Å². The van der Waals surface area contributed by atoms with Gasteiger partial charge in [0.05, 0.1) is 5.69 Å². The number of nitrogens with two attached hydrogens (primary N) is 1. The predicted octanol–water partition coefficient (Wildman–Crippen LogP) is 4.26. The fourth-order valence-corrected chi connectivity index (χ4v) is 3.38. The summed E-state index contributed by atoms with van der Waals surface area (Å²) in [6, 6.07) is 19.1. The van der Waals surface area contributed by atoms with Crippen LogP contribution in [-0.4, -0.2) is 20.0 Å². The Morgan fingerprint density at radius 2 is 1.81 bits per heavy atom. The van der Waals surface area contributed by atoms with Crippen LogP contribution in [0.5, 0.6) is 0 Å². The van der Waals surface area contributed by atoms with Gasteiger partial charge in [-0.3, -0.25) is 0 Å². The molecule has 2 aromatic heterocycles. The molecule has 2 heterocycles. The van der Waals surface area contributed by atoms with Gasteiger partial charge >= 0.3 is 0 Å². The minimum absolute atomic E-state index is 0.556. The molecule has 6 nitrogen and oxygen atoms in total. The van der Waals surface area contributed by atoms with Crippen molar-refractivity contribution in [2.75, 3.05) is 5.84 Å². The van der Waals surface area contributed by atoms with Gasteiger partial charge in [-0.05, 0) is 12.1 Å². The molecule has 0 aliphatic rings. The van der Waals surface area contributed by atoms with E-state index in [1.54, 1.807) is 12.1 Å². The zero-order valence-corrected chi connectivity index (χ0v) is 15.1. The number of nitrogens with zero attached hydrogens (tertiary/aromatic N) is 4. The summed E-state index contributed by atoms with van der Waals surface area (Å²) >= 11 is 7.46. The second-order valence-electron chi connectivity index (χ2n) is 5.52. The normalized spacial score (nSPS) is 11.0. The smallest absolute Gasteiger partial charge is 0.210 e. The monoisotopic (exact) mass is 383 g/mol. The summed E-state index contributed by atoms with van der Waals surface area (Å²) < 4.78 is 6.86. The van der Waals surface area contributed by atoms with Crippen molar-refractivity contribution < 1.29 is 4.52 Å². The summed E-state index contributed by atoms with van der Waals surface area (Å²) in [5.41, 5.74) is 2.61. The van der Waals surface area contributed by atoms with E-state index in [0.29, 0.717) is 21.8 Å². The minimum Gasteiger partial charge on any atom is -0.356 e. The van der Waals surface area contributed by atoms with Crippen molar-refractivity contribution in [3.8, 4) is 22.7 Å². The third-order valence-corrected chi connectivity index (χ3v) is 4.93. The minimum atomic E-state index is 0.556. The molecule has 2 aromatic carbocycles. The van der Waals surface area contributed by atoms with E-state index in [1.807, 2.05) is 48.5 Å². The molecule has 2 N–H and O–H groups in total. The van der Waals surface area contributed by atoms with Gasteiger partial charge in [0, 0.05) is 28.0 Å². The number of hydrogen-bond donors (Lipinski definition) is 1. The Kier molecular flexibility index (Phi) is 4.64. The number of thioether (sulfide) groups is 1. The molecule has 130 valence electrons. The van der Waals surface area contributed by atoms with E-state index < -0.39 is 0 Å². The maximum Gasteiger partial charge on any atom is 0.210 e. The second kappa shape index (κ2) is 7.23. The molecule has 0 bridgehead atoms. The van der Waals surface area contributed by atoms with Crippen molar-refractivity contribution in [1.82, 2.24) is 20.0 Å². The maximum absolute atomic E-state index is 6.13. The highest BCUT2D eigenvalue weighted by atomic mass is 35.5. The van der Waals surface area contributed by atoms with E-state index in [1.165, 1.54) is 16.4 Å². The fourth-order valence-electron chi connectivity index (χ4n) is 2.46. The summed E-state index contributed by atoms with van der Waals surface area (Å²) in [5, 5.41) is 13.6. The van der Waals surface area contributed by atoms with Crippen molar-refractivity contribution in [3.05, 3.63) is 71.4 Å². The molecule has 0 aliphatic carbocycles. The number of benzene rings is 2. The van der Waals surface area contributed by atoms with Gasteiger partial charge in [-0.25, -0.2) is 4.68 Å². The van der Waals surface area contributed by atoms with E-state index >= 15 is 0 Å². The van der Waals surface area contributed by atoms with Crippen LogP contribution in [0.15, 0.2) is 70.3 Å². The Labute approximate surface area is 158 Å². The molecule has 0 fully saturated rings. The van der Waals surface area contributed by atoms with Gasteiger partial charge < -0.3 is 10.4 Å². The summed E-state index contributed by atoms with van der Waals surface area (Å²) in [4.78, 5) is 0. The highest BCUT2D eigenvalue weighted by Gasteiger charge is 2.14. The average molecular weight is 384 g/mol. The summed E-state index contributed by atoms with van der Waals surface area (Å²) in [6.45, 7) is 0. The Morgan fingerprint density at radius 1 is 1.00 bits per heavy atom. The number of rotatable bonds is 5. The van der Waals surface area contributed by atoms with Gasteiger partial charge in [0.15, 0.2) is 11.6 Å². The highest BCUT2D eigenvalue weighted by molar-refractivity contribution is 7.98. The van der Waals surface area contributed by atoms with Crippen molar-refractivity contribution in [3.63, 3.8) is 0 Å². The molecular weight excluding hydrogens is 370 g/mol. The first kappa shape index (κ1) is 16.7. The Hall–Kier alpha value is -2.77. The molecular formula is C18H14ClN5OS. The first-order chi connectivity index (χ1) is 12.7. The number of nitrogen functional groups attached to an aromatic ring is 1. The fraction of sp³-hybridized carbons (Fsp3) is 0.0556. The standard InChI is InChI=1S/C18H14ClN5OS/c19-14-8-4-7-13(9-14)17-21-22-18(24(17)20)26-11-15-10-16(25-23-15)12-5-2-1-3-6-12/h1-10H,11,20H2. The molecule has 0 saturated carbocycles. The molecule has 0 radical (unpaired) electrons. The quantitative estimate of drug-likeness (QED) is 0.409. The highest BCUT2D eigenvalue weighted by Crippen LogP contribution is 2.27. The van der Waals surface area contributed by atoms with E-state index in [2.05, 4.69) is 15.4 Å². The molecule has 0 aliphatic heterocycles. The summed E-state index contributed by atoms with van der Waals surface area (Å²) in [5.74, 6) is 7.99. The van der Waals surface area contributed by atoms with Crippen LogP contribution < -0.4 is 5.84 Å². The number of halogens is 1. The lowest BCUT2D eigenvalue weighted by Crippen LogP contribution is -2.11. The van der Waals surface area contributed by atoms with Gasteiger partial charge in [-0.1, -0.05) is 71.0 Å². The lowest BCUT2D eigenvalue weighted by atomic mass is 10.2. The molecule has 26 heavy (non-hydrogen) atoms. The van der Waals surface area contributed by atoms with E-state index in [0.717, 1.165) is 22.6 Å². The first-order valence-corrected chi connectivity index (χ1v) is 9.17. The van der Waals surface area contributed by atoms with Crippen molar-refractivity contribution in [1.29, 1.82) is 0 Å². The average Bonchev–Trinajstić information content (AvgIpc) is 3.28. The first-order valence-electron chi connectivity index (χ1n) is 7.81. The zero-order chi connectivity index (χ0) is 17.9. The van der Waals surface area contributed by atoms with Crippen LogP contribution in [0.3, 0.4) is 0 Å². The number of aromatic nitrogens is 4. The van der Waals surface area contributed by atoms with Gasteiger partial charge in [0.25, 0.3) is 0 Å². The molecule has 0 atom stereocenters. The van der Waals surface area contributed by atoms with Crippen LogP contribution in [0.4, 0.5) is 0 Å². The molecule has 4 aromatic rings. The maximum atomic E-state index is 6.13. The van der Waals surface area contributed by atoms with Gasteiger partial charge in [-0.2, -0.15) is 0 Å². The Balaban J connectivity index is 1.48.